The highest BCUT2D eigenvalue weighted by Crippen LogP contribution is 2.28. The topological polar surface area (TPSA) is 79.6 Å². The molecule has 5 rings (SSSR count). The van der Waals surface area contributed by atoms with Gasteiger partial charge in [-0.3, -0.25) is 4.79 Å². The highest BCUT2D eigenvalue weighted by Gasteiger charge is 2.32. The zero-order valence-electron chi connectivity index (χ0n) is 20.0. The van der Waals surface area contributed by atoms with E-state index in [0.717, 1.165) is 37.3 Å². The van der Waals surface area contributed by atoms with Gasteiger partial charge in [0.2, 0.25) is 10.0 Å². The molecule has 8 nitrogen and oxygen atoms in total. The first kappa shape index (κ1) is 23.6. The van der Waals surface area contributed by atoms with Crippen LogP contribution in [-0.2, 0) is 36.7 Å². The van der Waals surface area contributed by atoms with Crippen molar-refractivity contribution >= 4 is 21.6 Å². The van der Waals surface area contributed by atoms with E-state index in [2.05, 4.69) is 10.2 Å². The van der Waals surface area contributed by atoms with E-state index in [1.807, 2.05) is 29.0 Å². The number of benzene rings is 1. The second-order valence-corrected chi connectivity index (χ2v) is 11.1. The SMILES string of the molecule is Cc1c(S(=O)(=O)N2CCn3cccc3C2)cc(C(=O)NCc2c(F)cccc2N2CCCC2)n1C. The van der Waals surface area contributed by atoms with Crippen LogP contribution in [0.15, 0.2) is 47.5 Å². The predicted octanol–water partition coefficient (Wildman–Crippen LogP) is 3.01. The molecule has 35 heavy (non-hydrogen) atoms. The number of aromatic nitrogens is 2. The second-order valence-electron chi connectivity index (χ2n) is 9.18. The minimum Gasteiger partial charge on any atom is -0.371 e. The first-order valence-electron chi connectivity index (χ1n) is 11.9. The molecule has 0 spiro atoms. The van der Waals surface area contributed by atoms with Gasteiger partial charge in [-0.25, -0.2) is 12.8 Å². The maximum Gasteiger partial charge on any atom is 0.268 e. The fourth-order valence-electron chi connectivity index (χ4n) is 5.02. The van der Waals surface area contributed by atoms with E-state index in [1.54, 1.807) is 24.6 Å². The number of rotatable bonds is 6. The summed E-state index contributed by atoms with van der Waals surface area (Å²) in [4.78, 5) is 15.4. The van der Waals surface area contributed by atoms with Crippen LogP contribution in [0.5, 0.6) is 0 Å². The molecule has 2 aromatic heterocycles. The van der Waals surface area contributed by atoms with Gasteiger partial charge in [0.05, 0.1) is 6.54 Å². The monoisotopic (exact) mass is 499 g/mol. The van der Waals surface area contributed by atoms with Gasteiger partial charge in [0.15, 0.2) is 0 Å². The molecule has 1 amide bonds. The van der Waals surface area contributed by atoms with E-state index >= 15 is 0 Å². The molecule has 4 heterocycles. The summed E-state index contributed by atoms with van der Waals surface area (Å²) in [5, 5.41) is 2.80. The number of hydrogen-bond donors (Lipinski definition) is 1. The van der Waals surface area contributed by atoms with Crippen molar-refractivity contribution in [3.05, 3.63) is 71.1 Å². The summed E-state index contributed by atoms with van der Waals surface area (Å²) in [7, 11) is -2.12. The minimum absolute atomic E-state index is 0.0206. The Morgan fingerprint density at radius 2 is 1.86 bits per heavy atom. The molecule has 10 heteroatoms. The summed E-state index contributed by atoms with van der Waals surface area (Å²) in [6.45, 7) is 4.69. The lowest BCUT2D eigenvalue weighted by molar-refractivity contribution is 0.0942. The molecule has 1 saturated heterocycles. The fourth-order valence-corrected chi connectivity index (χ4v) is 6.69. The van der Waals surface area contributed by atoms with Gasteiger partial charge in [-0.1, -0.05) is 6.07 Å². The Balaban J connectivity index is 1.36. The second kappa shape index (κ2) is 9.16. The van der Waals surface area contributed by atoms with Crippen molar-refractivity contribution in [3.63, 3.8) is 0 Å². The third-order valence-corrected chi connectivity index (χ3v) is 9.12. The van der Waals surface area contributed by atoms with E-state index < -0.39 is 15.9 Å². The van der Waals surface area contributed by atoms with Crippen LogP contribution >= 0.6 is 0 Å². The number of halogens is 1. The van der Waals surface area contributed by atoms with Crippen LogP contribution < -0.4 is 10.2 Å². The Labute approximate surface area is 205 Å². The maximum atomic E-state index is 14.7. The molecule has 2 aliphatic heterocycles. The lowest BCUT2D eigenvalue weighted by Gasteiger charge is -2.27. The molecular weight excluding hydrogens is 469 g/mol. The molecule has 186 valence electrons. The molecule has 0 saturated carbocycles. The Bertz CT molecular complexity index is 1370. The van der Waals surface area contributed by atoms with E-state index in [9.17, 15) is 17.6 Å². The van der Waals surface area contributed by atoms with Crippen LogP contribution in [0.1, 0.15) is 40.3 Å². The summed E-state index contributed by atoms with van der Waals surface area (Å²) in [5.74, 6) is -0.809. The Kier molecular flexibility index (Phi) is 6.18. The summed E-state index contributed by atoms with van der Waals surface area (Å²) >= 11 is 0. The molecule has 1 N–H and O–H groups in total. The van der Waals surface area contributed by atoms with Crippen molar-refractivity contribution in [1.29, 1.82) is 0 Å². The Morgan fingerprint density at radius 1 is 1.09 bits per heavy atom. The quantitative estimate of drug-likeness (QED) is 0.566. The summed E-state index contributed by atoms with van der Waals surface area (Å²) in [6, 6.07) is 10.2. The third-order valence-electron chi connectivity index (χ3n) is 7.16. The molecule has 3 aromatic rings. The van der Waals surface area contributed by atoms with Gasteiger partial charge in [0.25, 0.3) is 5.91 Å². The molecule has 0 radical (unpaired) electrons. The third kappa shape index (κ3) is 4.25. The molecule has 0 aliphatic carbocycles. The first-order chi connectivity index (χ1) is 16.8. The van der Waals surface area contributed by atoms with E-state index in [4.69, 9.17) is 0 Å². The van der Waals surface area contributed by atoms with Crippen LogP contribution in [-0.4, -0.2) is 47.4 Å². The minimum atomic E-state index is -3.79. The van der Waals surface area contributed by atoms with Gasteiger partial charge in [0.1, 0.15) is 16.4 Å². The van der Waals surface area contributed by atoms with Crippen molar-refractivity contribution in [2.75, 3.05) is 24.5 Å². The maximum absolute atomic E-state index is 14.7. The van der Waals surface area contributed by atoms with Crippen LogP contribution in [0, 0.1) is 12.7 Å². The summed E-state index contributed by atoms with van der Waals surface area (Å²) in [6.07, 6.45) is 4.07. The van der Waals surface area contributed by atoms with Crippen LogP contribution in [0.25, 0.3) is 0 Å². The molecule has 0 atom stereocenters. The molecule has 1 fully saturated rings. The number of fused-ring (bicyclic) bond motifs is 1. The highest BCUT2D eigenvalue weighted by molar-refractivity contribution is 7.89. The largest absolute Gasteiger partial charge is 0.371 e. The molecule has 0 unspecified atom stereocenters. The number of carbonyl (C=O) groups excluding carboxylic acids is 1. The van der Waals surface area contributed by atoms with E-state index in [-0.39, 0.29) is 29.5 Å². The van der Waals surface area contributed by atoms with E-state index in [0.29, 0.717) is 24.3 Å². The lowest BCUT2D eigenvalue weighted by Crippen LogP contribution is -2.38. The highest BCUT2D eigenvalue weighted by atomic mass is 32.2. The average Bonchev–Trinajstić information content (AvgIpc) is 3.59. The van der Waals surface area contributed by atoms with Gasteiger partial charge >= 0.3 is 0 Å². The van der Waals surface area contributed by atoms with Crippen molar-refractivity contribution in [3.8, 4) is 0 Å². The number of sulfonamides is 1. The summed E-state index contributed by atoms with van der Waals surface area (Å²) < 4.78 is 46.7. The van der Waals surface area contributed by atoms with Crippen LogP contribution in [0.4, 0.5) is 10.1 Å². The number of hydrogen-bond acceptors (Lipinski definition) is 4. The van der Waals surface area contributed by atoms with Crippen LogP contribution in [0.3, 0.4) is 0 Å². The van der Waals surface area contributed by atoms with Gasteiger partial charge in [-0.05, 0) is 50.1 Å². The number of nitrogens with one attached hydrogen (secondary N) is 1. The van der Waals surface area contributed by atoms with Gasteiger partial charge in [-0.15, -0.1) is 0 Å². The van der Waals surface area contributed by atoms with Gasteiger partial charge < -0.3 is 19.4 Å². The van der Waals surface area contributed by atoms with E-state index in [1.165, 1.54) is 16.4 Å². The fraction of sp³-hybridized carbons (Fsp3) is 0.400. The number of anilines is 1. The van der Waals surface area contributed by atoms with Crippen LogP contribution in [0.2, 0.25) is 0 Å². The zero-order valence-corrected chi connectivity index (χ0v) is 20.8. The predicted molar refractivity (Wildman–Crippen MR) is 131 cm³/mol. The number of amides is 1. The molecular formula is C25H30FN5O3S. The standard InChI is InChI=1S/C25H30FN5O3S/c1-18-24(35(33,34)31-14-13-29-12-6-7-19(29)17-31)15-23(28(18)2)25(32)27-16-20-21(26)8-5-9-22(20)30-10-3-4-11-30/h5-9,12,15H,3-4,10-11,13-14,16-17H2,1-2H3,(H,27,32). The van der Waals surface area contributed by atoms with Crippen molar-refractivity contribution in [2.45, 2.75) is 44.3 Å². The van der Waals surface area contributed by atoms with Crippen molar-refractivity contribution in [2.24, 2.45) is 7.05 Å². The number of nitrogens with zero attached hydrogens (tertiary/aromatic N) is 4. The Morgan fingerprint density at radius 3 is 2.63 bits per heavy atom. The molecule has 1 aromatic carbocycles. The smallest absolute Gasteiger partial charge is 0.268 e. The lowest BCUT2D eigenvalue weighted by atomic mass is 10.1. The molecule has 2 aliphatic rings. The zero-order chi connectivity index (χ0) is 24.7. The first-order valence-corrected chi connectivity index (χ1v) is 13.3. The average molecular weight is 500 g/mol. The van der Waals surface area contributed by atoms with Gasteiger partial charge in [-0.2, -0.15) is 4.31 Å². The Hall–Kier alpha value is -3.11. The molecule has 0 bridgehead atoms. The van der Waals surface area contributed by atoms with Crippen molar-refractivity contribution < 1.29 is 17.6 Å². The normalized spacial score (nSPS) is 16.5. The van der Waals surface area contributed by atoms with Crippen molar-refractivity contribution in [1.82, 2.24) is 18.8 Å². The van der Waals surface area contributed by atoms with Gasteiger partial charge in [0, 0.05) is 68.6 Å². The number of carbonyl (C=O) groups is 1. The summed E-state index contributed by atoms with van der Waals surface area (Å²) in [5.41, 5.74) is 2.88.